The Morgan fingerprint density at radius 1 is 1.06 bits per heavy atom. The van der Waals surface area contributed by atoms with Gasteiger partial charge in [0.2, 0.25) is 5.91 Å². The number of nitrogens with zero attached hydrogens (tertiary/aromatic N) is 2. The summed E-state index contributed by atoms with van der Waals surface area (Å²) < 4.78 is 5.44. The Bertz CT molecular complexity index is 975. The minimum Gasteiger partial charge on any atom is -0.462 e. The topological polar surface area (TPSA) is 61.9 Å². The fourth-order valence-electron chi connectivity index (χ4n) is 3.98. The standard InChI is InChI=1S/C23H25Cl2N3O3/c24-18-3-1-4-20(22(18)25)28-12-10-27(11-13-28)9-2-14-31-23(30)17-6-5-16-7-8-21(29)26-19(16)15-17/h1,3-6,15H,2,7-14H2,(H,26,29). The predicted octanol–water partition coefficient (Wildman–Crippen LogP) is 4.25. The number of halogens is 2. The van der Waals surface area contributed by atoms with Crippen LogP contribution in [0.5, 0.6) is 0 Å². The van der Waals surface area contributed by atoms with Crippen molar-refractivity contribution >= 4 is 46.5 Å². The van der Waals surface area contributed by atoms with Crippen LogP contribution in [0.3, 0.4) is 0 Å². The Kier molecular flexibility index (Phi) is 7.00. The summed E-state index contributed by atoms with van der Waals surface area (Å²) >= 11 is 12.5. The average Bonchev–Trinajstić information content (AvgIpc) is 2.78. The van der Waals surface area contributed by atoms with Gasteiger partial charge in [-0.15, -0.1) is 0 Å². The van der Waals surface area contributed by atoms with E-state index in [4.69, 9.17) is 27.9 Å². The van der Waals surface area contributed by atoms with Crippen LogP contribution < -0.4 is 10.2 Å². The summed E-state index contributed by atoms with van der Waals surface area (Å²) in [6.45, 7) is 4.82. The number of rotatable bonds is 6. The lowest BCUT2D eigenvalue weighted by atomic mass is 10.0. The molecule has 6 nitrogen and oxygen atoms in total. The summed E-state index contributed by atoms with van der Waals surface area (Å²) in [5, 5.41) is 3.99. The van der Waals surface area contributed by atoms with Gasteiger partial charge in [-0.2, -0.15) is 0 Å². The SMILES string of the molecule is O=C1CCc2ccc(C(=O)OCCCN3CCN(c4cccc(Cl)c4Cl)CC3)cc2N1. The highest BCUT2D eigenvalue weighted by atomic mass is 35.5. The van der Waals surface area contributed by atoms with Gasteiger partial charge in [0.1, 0.15) is 0 Å². The van der Waals surface area contributed by atoms with Gasteiger partial charge in [-0.25, -0.2) is 4.79 Å². The van der Waals surface area contributed by atoms with E-state index in [1.165, 1.54) is 0 Å². The van der Waals surface area contributed by atoms with Crippen molar-refractivity contribution in [1.82, 2.24) is 4.90 Å². The second-order valence-electron chi connectivity index (χ2n) is 7.81. The highest BCUT2D eigenvalue weighted by Crippen LogP contribution is 2.32. The number of amides is 1. The highest BCUT2D eigenvalue weighted by Gasteiger charge is 2.20. The summed E-state index contributed by atoms with van der Waals surface area (Å²) in [4.78, 5) is 28.5. The molecular weight excluding hydrogens is 437 g/mol. The van der Waals surface area contributed by atoms with Gasteiger partial charge in [0.05, 0.1) is 27.9 Å². The van der Waals surface area contributed by atoms with Gasteiger partial charge in [-0.3, -0.25) is 9.69 Å². The second-order valence-corrected chi connectivity index (χ2v) is 8.60. The zero-order chi connectivity index (χ0) is 21.8. The third kappa shape index (κ3) is 5.32. The number of benzene rings is 2. The normalized spacial score (nSPS) is 16.6. The molecule has 4 rings (SSSR count). The molecule has 0 radical (unpaired) electrons. The monoisotopic (exact) mass is 461 g/mol. The number of fused-ring (bicyclic) bond motifs is 1. The minimum atomic E-state index is -0.358. The number of nitrogens with one attached hydrogen (secondary N) is 1. The number of aryl methyl sites for hydroxylation is 1. The Morgan fingerprint density at radius 3 is 2.68 bits per heavy atom. The second kappa shape index (κ2) is 9.90. The Balaban J connectivity index is 1.20. The van der Waals surface area contributed by atoms with Crippen molar-refractivity contribution in [2.45, 2.75) is 19.3 Å². The van der Waals surface area contributed by atoms with Gasteiger partial charge in [0.25, 0.3) is 0 Å². The maximum absolute atomic E-state index is 12.3. The largest absolute Gasteiger partial charge is 0.462 e. The molecule has 1 fully saturated rings. The number of carbonyl (C=O) groups excluding carboxylic acids is 2. The highest BCUT2D eigenvalue weighted by molar-refractivity contribution is 6.43. The number of hydrogen-bond donors (Lipinski definition) is 1. The number of ether oxygens (including phenoxy) is 1. The first kappa shape index (κ1) is 21.9. The third-order valence-electron chi connectivity index (χ3n) is 5.74. The van der Waals surface area contributed by atoms with Gasteiger partial charge in [0, 0.05) is 44.8 Å². The van der Waals surface area contributed by atoms with Gasteiger partial charge in [0.15, 0.2) is 0 Å². The molecule has 2 aliphatic heterocycles. The van der Waals surface area contributed by atoms with E-state index in [1.807, 2.05) is 18.2 Å². The molecule has 0 saturated carbocycles. The maximum atomic E-state index is 12.3. The lowest BCUT2D eigenvalue weighted by Gasteiger charge is -2.36. The molecule has 0 bridgehead atoms. The molecule has 2 aliphatic rings. The van der Waals surface area contributed by atoms with Crippen molar-refractivity contribution < 1.29 is 14.3 Å². The van der Waals surface area contributed by atoms with Crippen molar-refractivity contribution in [1.29, 1.82) is 0 Å². The third-order valence-corrected chi connectivity index (χ3v) is 6.55. The molecular formula is C23H25Cl2N3O3. The quantitative estimate of drug-likeness (QED) is 0.514. The van der Waals surface area contributed by atoms with Crippen molar-refractivity contribution in [3.63, 3.8) is 0 Å². The Morgan fingerprint density at radius 2 is 1.87 bits per heavy atom. The van der Waals surface area contributed by atoms with Crippen molar-refractivity contribution in [2.24, 2.45) is 0 Å². The maximum Gasteiger partial charge on any atom is 0.338 e. The Labute approximate surface area is 192 Å². The summed E-state index contributed by atoms with van der Waals surface area (Å²) in [5.74, 6) is -0.376. The van der Waals surface area contributed by atoms with Crippen molar-refractivity contribution in [3.05, 3.63) is 57.6 Å². The summed E-state index contributed by atoms with van der Waals surface area (Å²) in [6.07, 6.45) is 1.95. The van der Waals surface area contributed by atoms with Crippen LogP contribution in [-0.2, 0) is 16.0 Å². The van der Waals surface area contributed by atoms with Crippen LogP contribution in [0.15, 0.2) is 36.4 Å². The molecule has 8 heteroatoms. The first-order chi connectivity index (χ1) is 15.0. The number of esters is 1. The fourth-order valence-corrected chi connectivity index (χ4v) is 4.40. The molecule has 2 aromatic rings. The number of piperazine rings is 1. The van der Waals surface area contributed by atoms with E-state index in [0.717, 1.165) is 50.4 Å². The molecule has 2 heterocycles. The molecule has 2 aromatic carbocycles. The summed E-state index contributed by atoms with van der Waals surface area (Å²) in [5.41, 5.74) is 3.20. The van der Waals surface area contributed by atoms with Gasteiger partial charge < -0.3 is 15.0 Å². The molecule has 1 N–H and O–H groups in total. The molecule has 0 spiro atoms. The van der Waals surface area contributed by atoms with Gasteiger partial charge in [-0.1, -0.05) is 35.3 Å². The van der Waals surface area contributed by atoms with E-state index in [0.29, 0.717) is 40.7 Å². The zero-order valence-electron chi connectivity index (χ0n) is 17.2. The molecule has 0 aliphatic carbocycles. The minimum absolute atomic E-state index is 0.0178. The van der Waals surface area contributed by atoms with Crippen LogP contribution >= 0.6 is 23.2 Å². The molecule has 0 unspecified atom stereocenters. The van der Waals surface area contributed by atoms with Crippen LogP contribution in [0.4, 0.5) is 11.4 Å². The van der Waals surface area contributed by atoms with E-state index in [1.54, 1.807) is 18.2 Å². The smallest absolute Gasteiger partial charge is 0.338 e. The molecule has 1 saturated heterocycles. The predicted molar refractivity (Wildman–Crippen MR) is 123 cm³/mol. The van der Waals surface area contributed by atoms with Crippen molar-refractivity contribution in [2.75, 3.05) is 49.5 Å². The van der Waals surface area contributed by atoms with Crippen LogP contribution in [0.2, 0.25) is 10.0 Å². The van der Waals surface area contributed by atoms with Crippen LogP contribution in [0, 0.1) is 0 Å². The first-order valence-corrected chi connectivity index (χ1v) is 11.3. The lowest BCUT2D eigenvalue weighted by molar-refractivity contribution is -0.116. The number of carbonyl (C=O) groups is 2. The van der Waals surface area contributed by atoms with Crippen LogP contribution in [0.25, 0.3) is 0 Å². The summed E-state index contributed by atoms with van der Waals surface area (Å²) in [7, 11) is 0. The van der Waals surface area contributed by atoms with Gasteiger partial charge in [-0.05, 0) is 42.7 Å². The summed E-state index contributed by atoms with van der Waals surface area (Å²) in [6, 6.07) is 11.1. The van der Waals surface area contributed by atoms with E-state index >= 15 is 0 Å². The molecule has 164 valence electrons. The molecule has 0 aromatic heterocycles. The fraction of sp³-hybridized carbons (Fsp3) is 0.391. The zero-order valence-corrected chi connectivity index (χ0v) is 18.7. The van der Waals surface area contributed by atoms with E-state index in [-0.39, 0.29) is 11.9 Å². The molecule has 0 atom stereocenters. The van der Waals surface area contributed by atoms with E-state index in [9.17, 15) is 9.59 Å². The Hall–Kier alpha value is -2.28. The van der Waals surface area contributed by atoms with E-state index < -0.39 is 0 Å². The van der Waals surface area contributed by atoms with Gasteiger partial charge >= 0.3 is 5.97 Å². The lowest BCUT2D eigenvalue weighted by Crippen LogP contribution is -2.46. The van der Waals surface area contributed by atoms with Crippen molar-refractivity contribution in [3.8, 4) is 0 Å². The van der Waals surface area contributed by atoms with E-state index in [2.05, 4.69) is 15.1 Å². The van der Waals surface area contributed by atoms with Crippen LogP contribution in [0.1, 0.15) is 28.8 Å². The van der Waals surface area contributed by atoms with Crippen LogP contribution in [-0.4, -0.2) is 56.1 Å². The molecule has 1 amide bonds. The number of anilines is 2. The molecule has 31 heavy (non-hydrogen) atoms. The average molecular weight is 462 g/mol. The number of hydrogen-bond acceptors (Lipinski definition) is 5. The first-order valence-electron chi connectivity index (χ1n) is 10.5.